The highest BCUT2D eigenvalue weighted by atomic mass is 127. The highest BCUT2D eigenvalue weighted by molar-refractivity contribution is 14.1. The number of hydrogen-bond acceptors (Lipinski definition) is 1. The van der Waals surface area contributed by atoms with Crippen LogP contribution in [0.3, 0.4) is 0 Å². The summed E-state index contributed by atoms with van der Waals surface area (Å²) in [4.78, 5) is 0. The molecule has 0 saturated carbocycles. The largest absolute Gasteiger partial charge is 0.325 e. The van der Waals surface area contributed by atoms with Gasteiger partial charge in [0, 0.05) is 13.2 Å². The summed E-state index contributed by atoms with van der Waals surface area (Å²) >= 11 is 2.21. The first kappa shape index (κ1) is 12.8. The van der Waals surface area contributed by atoms with E-state index in [-0.39, 0.29) is 5.41 Å². The van der Waals surface area contributed by atoms with E-state index in [1.54, 1.807) is 0 Å². The summed E-state index contributed by atoms with van der Waals surface area (Å²) < 4.78 is 1.98. The Morgan fingerprint density at radius 1 is 1.38 bits per heavy atom. The van der Waals surface area contributed by atoms with Gasteiger partial charge in [-0.15, -0.1) is 0 Å². The van der Waals surface area contributed by atoms with Crippen molar-refractivity contribution in [2.75, 3.05) is 7.05 Å². The third-order valence-corrected chi connectivity index (χ3v) is 1.97. The van der Waals surface area contributed by atoms with Crippen LogP contribution in [0.4, 0.5) is 0 Å². The van der Waals surface area contributed by atoms with Crippen LogP contribution in [-0.2, 0) is 0 Å². The Kier molecular flexibility index (Phi) is 5.37. The van der Waals surface area contributed by atoms with Crippen LogP contribution in [0, 0.1) is 5.41 Å². The second-order valence-corrected chi connectivity index (χ2v) is 5.46. The minimum absolute atomic E-state index is 0.177. The average Bonchev–Trinajstić information content (AvgIpc) is 1.95. The van der Waals surface area contributed by atoms with Crippen molar-refractivity contribution in [3.8, 4) is 0 Å². The summed E-state index contributed by atoms with van der Waals surface area (Å²) in [6.07, 6.45) is 8.06. The predicted molar refractivity (Wildman–Crippen MR) is 68.7 cm³/mol. The summed E-state index contributed by atoms with van der Waals surface area (Å²) in [6, 6.07) is 0. The Bertz CT molecular complexity index is 219. The molecule has 0 aliphatic carbocycles. The lowest BCUT2D eigenvalue weighted by Crippen LogP contribution is -2.06. The van der Waals surface area contributed by atoms with Crippen LogP contribution in [0.25, 0.3) is 0 Å². The fourth-order valence-corrected chi connectivity index (χ4v) is 1.08. The molecule has 0 bridgehead atoms. The van der Waals surface area contributed by atoms with Crippen LogP contribution < -0.4 is 0 Å². The number of nitrogens with zero attached hydrogens (tertiary/aromatic N) is 1. The van der Waals surface area contributed by atoms with Gasteiger partial charge in [-0.2, -0.15) is 0 Å². The van der Waals surface area contributed by atoms with Crippen molar-refractivity contribution in [1.29, 1.82) is 0 Å². The maximum atomic E-state index is 3.81. The van der Waals surface area contributed by atoms with E-state index in [4.69, 9.17) is 0 Å². The average molecular weight is 291 g/mol. The minimum atomic E-state index is 0.177. The molecule has 0 unspecified atom stereocenters. The van der Waals surface area contributed by atoms with Crippen molar-refractivity contribution in [3.05, 3.63) is 36.6 Å². The summed E-state index contributed by atoms with van der Waals surface area (Å²) in [5.74, 6) is 0. The van der Waals surface area contributed by atoms with Crippen molar-refractivity contribution in [1.82, 2.24) is 3.11 Å². The molecule has 0 aromatic heterocycles. The molecule has 0 fully saturated rings. The van der Waals surface area contributed by atoms with Crippen molar-refractivity contribution >= 4 is 22.9 Å². The molecular weight excluding hydrogens is 273 g/mol. The summed E-state index contributed by atoms with van der Waals surface area (Å²) in [6.45, 7) is 10.4. The summed E-state index contributed by atoms with van der Waals surface area (Å²) in [5, 5.41) is 0. The molecule has 1 nitrogen and oxygen atoms in total. The van der Waals surface area contributed by atoms with Crippen LogP contribution >= 0.6 is 22.9 Å². The molecule has 13 heavy (non-hydrogen) atoms. The van der Waals surface area contributed by atoms with Crippen LogP contribution in [-0.4, -0.2) is 10.2 Å². The molecular formula is C11H18IN. The van der Waals surface area contributed by atoms with Gasteiger partial charge in [0.25, 0.3) is 0 Å². The van der Waals surface area contributed by atoms with Crippen LogP contribution in [0.15, 0.2) is 36.6 Å². The monoisotopic (exact) mass is 291 g/mol. The minimum Gasteiger partial charge on any atom is -0.325 e. The van der Waals surface area contributed by atoms with Crippen LogP contribution in [0.5, 0.6) is 0 Å². The van der Waals surface area contributed by atoms with Crippen molar-refractivity contribution in [2.45, 2.75) is 20.8 Å². The smallest absolute Gasteiger partial charge is 0.0583 e. The lowest BCUT2D eigenvalue weighted by Gasteiger charge is -2.19. The van der Waals surface area contributed by atoms with Gasteiger partial charge in [-0.1, -0.05) is 39.5 Å². The molecule has 0 saturated heterocycles. The van der Waals surface area contributed by atoms with E-state index in [1.165, 1.54) is 5.57 Å². The third kappa shape index (κ3) is 5.91. The molecule has 0 radical (unpaired) electrons. The van der Waals surface area contributed by atoms with Gasteiger partial charge < -0.3 is 3.11 Å². The SMILES string of the molecule is C=C/C(=C\C=C/N(C)I)C(C)(C)C. The second-order valence-electron chi connectivity index (χ2n) is 3.94. The first-order chi connectivity index (χ1) is 5.88. The van der Waals surface area contributed by atoms with Gasteiger partial charge in [0.1, 0.15) is 0 Å². The maximum absolute atomic E-state index is 3.81. The Morgan fingerprint density at radius 3 is 2.23 bits per heavy atom. The zero-order valence-electron chi connectivity index (χ0n) is 8.84. The van der Waals surface area contributed by atoms with Crippen LogP contribution in [0.1, 0.15) is 20.8 Å². The molecule has 0 aliphatic rings. The molecule has 0 aliphatic heterocycles. The van der Waals surface area contributed by atoms with E-state index in [2.05, 4.69) is 56.3 Å². The molecule has 0 heterocycles. The Morgan fingerprint density at radius 2 is 1.92 bits per heavy atom. The molecule has 0 amide bonds. The molecule has 0 N–H and O–H groups in total. The van der Waals surface area contributed by atoms with Gasteiger partial charge in [-0.05, 0) is 17.1 Å². The van der Waals surface area contributed by atoms with E-state index < -0.39 is 0 Å². The Labute approximate surface area is 95.7 Å². The topological polar surface area (TPSA) is 3.24 Å². The lowest BCUT2D eigenvalue weighted by molar-refractivity contribution is 0.517. The molecule has 0 aromatic rings. The molecule has 0 spiro atoms. The first-order valence-electron chi connectivity index (χ1n) is 4.28. The highest BCUT2D eigenvalue weighted by Crippen LogP contribution is 2.25. The predicted octanol–water partition coefficient (Wildman–Crippen LogP) is 3.94. The zero-order valence-corrected chi connectivity index (χ0v) is 11.0. The van der Waals surface area contributed by atoms with Gasteiger partial charge in [0.05, 0.1) is 22.9 Å². The standard InChI is InChI=1S/C11H18IN/c1-6-10(11(2,3)4)8-7-9-13(5)12/h6-9H,1H2,2-5H3/b9-7-,10-8+. The number of allylic oxidation sites excluding steroid dienone is 4. The number of hydrogen-bond donors (Lipinski definition) is 0. The lowest BCUT2D eigenvalue weighted by atomic mass is 9.86. The number of halogens is 1. The van der Waals surface area contributed by atoms with Crippen molar-refractivity contribution < 1.29 is 0 Å². The van der Waals surface area contributed by atoms with Gasteiger partial charge in [-0.25, -0.2) is 0 Å². The van der Waals surface area contributed by atoms with Gasteiger partial charge in [0.2, 0.25) is 0 Å². The molecule has 74 valence electrons. The Hall–Kier alpha value is -0.250. The van der Waals surface area contributed by atoms with Gasteiger partial charge >= 0.3 is 0 Å². The van der Waals surface area contributed by atoms with E-state index in [0.717, 1.165) is 0 Å². The van der Waals surface area contributed by atoms with Crippen molar-refractivity contribution in [2.24, 2.45) is 5.41 Å². The van der Waals surface area contributed by atoms with Gasteiger partial charge in [0.15, 0.2) is 0 Å². The van der Waals surface area contributed by atoms with Crippen molar-refractivity contribution in [3.63, 3.8) is 0 Å². The number of rotatable bonds is 3. The first-order valence-corrected chi connectivity index (χ1v) is 5.24. The van der Waals surface area contributed by atoms with E-state index in [9.17, 15) is 0 Å². The zero-order chi connectivity index (χ0) is 10.5. The summed E-state index contributed by atoms with van der Waals surface area (Å²) in [5.41, 5.74) is 1.43. The van der Waals surface area contributed by atoms with Gasteiger partial charge in [-0.3, -0.25) is 0 Å². The molecule has 0 rings (SSSR count). The normalized spacial score (nSPS) is 13.5. The van der Waals surface area contributed by atoms with E-state index in [0.29, 0.717) is 0 Å². The highest BCUT2D eigenvalue weighted by Gasteiger charge is 2.12. The molecule has 0 aromatic carbocycles. The fraction of sp³-hybridized carbons (Fsp3) is 0.455. The molecule has 0 atom stereocenters. The van der Waals surface area contributed by atoms with Crippen LogP contribution in [0.2, 0.25) is 0 Å². The summed E-state index contributed by atoms with van der Waals surface area (Å²) in [7, 11) is 2.00. The maximum Gasteiger partial charge on any atom is 0.0583 e. The molecule has 2 heteroatoms. The fourth-order valence-electron chi connectivity index (χ4n) is 0.890. The third-order valence-electron chi connectivity index (χ3n) is 1.65. The quantitative estimate of drug-likeness (QED) is 0.432. The van der Waals surface area contributed by atoms with E-state index >= 15 is 0 Å². The van der Waals surface area contributed by atoms with E-state index in [1.807, 2.05) is 28.5 Å². The second kappa shape index (κ2) is 5.47. The Balaban J connectivity index is 4.51.